The van der Waals surface area contributed by atoms with Gasteiger partial charge in [-0.2, -0.15) is 26.3 Å². The smallest absolute Gasteiger partial charge is 0.410 e. The van der Waals surface area contributed by atoms with E-state index in [-0.39, 0.29) is 12.1 Å². The number of carbonyl (C=O) groups excluding carboxylic acids is 2. The Bertz CT molecular complexity index is 705. The lowest BCUT2D eigenvalue weighted by molar-refractivity contribution is -0.143. The van der Waals surface area contributed by atoms with Gasteiger partial charge in [-0.3, -0.25) is 9.59 Å². The molecule has 1 aliphatic rings. The standard InChI is InChI=1S/C11H4F6N2O3/c12-10(13,14)3-1-4(11(15,16)17)6-5(2-3)18-9(21)7(19-22)8(6)20/h1-2,22H,(H,18,21). The van der Waals surface area contributed by atoms with E-state index in [0.717, 1.165) is 0 Å². The summed E-state index contributed by atoms with van der Waals surface area (Å²) in [4.78, 5) is 23.1. The zero-order valence-electron chi connectivity index (χ0n) is 10.1. The fraction of sp³-hybridized carbons (Fsp3) is 0.182. The molecule has 0 spiro atoms. The Morgan fingerprint density at radius 2 is 1.59 bits per heavy atom. The number of hydrogen-bond donors (Lipinski definition) is 2. The molecule has 0 fully saturated rings. The first kappa shape index (κ1) is 15.8. The Kier molecular flexibility index (Phi) is 3.38. The van der Waals surface area contributed by atoms with E-state index in [4.69, 9.17) is 5.21 Å². The van der Waals surface area contributed by atoms with Crippen LogP contribution in [0.1, 0.15) is 21.5 Å². The van der Waals surface area contributed by atoms with Gasteiger partial charge in [0.05, 0.1) is 22.4 Å². The minimum absolute atomic E-state index is 0.203. The van der Waals surface area contributed by atoms with Gasteiger partial charge < -0.3 is 10.5 Å². The molecular weight excluding hydrogens is 322 g/mol. The lowest BCUT2D eigenvalue weighted by Crippen LogP contribution is -2.37. The molecule has 118 valence electrons. The number of hydrogen-bond acceptors (Lipinski definition) is 4. The van der Waals surface area contributed by atoms with E-state index in [1.54, 1.807) is 5.32 Å². The van der Waals surface area contributed by atoms with Crippen molar-refractivity contribution < 1.29 is 41.1 Å². The second kappa shape index (κ2) is 4.71. The van der Waals surface area contributed by atoms with Gasteiger partial charge in [-0.05, 0) is 12.1 Å². The third-order valence-corrected chi connectivity index (χ3v) is 2.78. The SMILES string of the molecule is O=C1Nc2cc(C(F)(F)F)cc(C(F)(F)F)c2C(=O)C1=NO. The van der Waals surface area contributed by atoms with Crippen LogP contribution in [0.2, 0.25) is 0 Å². The molecule has 2 N–H and O–H groups in total. The average Bonchev–Trinajstić information content (AvgIpc) is 2.35. The Morgan fingerprint density at radius 1 is 1.00 bits per heavy atom. The van der Waals surface area contributed by atoms with Crippen molar-refractivity contribution in [3.05, 3.63) is 28.8 Å². The highest BCUT2D eigenvalue weighted by Gasteiger charge is 2.44. The number of fused-ring (bicyclic) bond motifs is 1. The number of ketones is 1. The van der Waals surface area contributed by atoms with Crippen molar-refractivity contribution in [2.75, 3.05) is 5.32 Å². The first-order chi connectivity index (χ1) is 9.96. The van der Waals surface area contributed by atoms with Crippen molar-refractivity contribution in [2.24, 2.45) is 5.16 Å². The summed E-state index contributed by atoms with van der Waals surface area (Å²) in [6.45, 7) is 0. The molecule has 1 aromatic rings. The highest BCUT2D eigenvalue weighted by atomic mass is 19.4. The van der Waals surface area contributed by atoms with Gasteiger partial charge in [-0.15, -0.1) is 0 Å². The number of Topliss-reactive ketones (excluding diaryl/α,β-unsaturated/α-hetero) is 1. The van der Waals surface area contributed by atoms with Crippen LogP contribution in [-0.4, -0.2) is 22.6 Å². The van der Waals surface area contributed by atoms with Gasteiger partial charge in [0.1, 0.15) is 0 Å². The van der Waals surface area contributed by atoms with E-state index < -0.39 is 52.1 Å². The van der Waals surface area contributed by atoms with Crippen LogP contribution in [0.15, 0.2) is 17.3 Å². The molecule has 1 aliphatic heterocycles. The van der Waals surface area contributed by atoms with Gasteiger partial charge in [0.25, 0.3) is 5.91 Å². The van der Waals surface area contributed by atoms with Crippen LogP contribution in [-0.2, 0) is 17.1 Å². The highest BCUT2D eigenvalue weighted by molar-refractivity contribution is 6.72. The molecule has 0 bridgehead atoms. The van der Waals surface area contributed by atoms with Crippen LogP contribution >= 0.6 is 0 Å². The maximum atomic E-state index is 12.9. The van der Waals surface area contributed by atoms with Crippen LogP contribution in [0.4, 0.5) is 32.0 Å². The average molecular weight is 326 g/mol. The Balaban J connectivity index is 2.82. The summed E-state index contributed by atoms with van der Waals surface area (Å²) in [7, 11) is 0. The van der Waals surface area contributed by atoms with Crippen molar-refractivity contribution >= 4 is 23.1 Å². The molecule has 0 unspecified atom stereocenters. The second-order valence-electron chi connectivity index (χ2n) is 4.17. The predicted molar refractivity (Wildman–Crippen MR) is 58.6 cm³/mol. The molecule has 5 nitrogen and oxygen atoms in total. The number of anilines is 1. The number of alkyl halides is 6. The molecule has 22 heavy (non-hydrogen) atoms. The summed E-state index contributed by atoms with van der Waals surface area (Å²) >= 11 is 0. The number of rotatable bonds is 0. The van der Waals surface area contributed by atoms with E-state index in [1.165, 1.54) is 0 Å². The zero-order chi connectivity index (χ0) is 16.9. The molecule has 1 amide bonds. The number of benzene rings is 1. The Hall–Kier alpha value is -2.59. The summed E-state index contributed by atoms with van der Waals surface area (Å²) in [6.07, 6.45) is -10.4. The Labute approximate surface area is 117 Å². The normalized spacial score (nSPS) is 17.5. The minimum Gasteiger partial charge on any atom is -0.410 e. The summed E-state index contributed by atoms with van der Waals surface area (Å²) in [5.41, 5.74) is -6.99. The molecular formula is C11H4F6N2O3. The van der Waals surface area contributed by atoms with Gasteiger partial charge in [0, 0.05) is 0 Å². The minimum atomic E-state index is -5.29. The van der Waals surface area contributed by atoms with E-state index >= 15 is 0 Å². The summed E-state index contributed by atoms with van der Waals surface area (Å²) in [5, 5.41) is 12.4. The molecule has 0 atom stereocenters. The van der Waals surface area contributed by atoms with Gasteiger partial charge in [-0.1, -0.05) is 5.16 Å². The fourth-order valence-corrected chi connectivity index (χ4v) is 1.87. The van der Waals surface area contributed by atoms with Crippen molar-refractivity contribution in [2.45, 2.75) is 12.4 Å². The largest absolute Gasteiger partial charge is 0.417 e. The van der Waals surface area contributed by atoms with E-state index in [2.05, 4.69) is 5.16 Å². The molecule has 1 aromatic carbocycles. The topological polar surface area (TPSA) is 78.8 Å². The number of halogens is 6. The third-order valence-electron chi connectivity index (χ3n) is 2.78. The number of amides is 1. The van der Waals surface area contributed by atoms with Crippen LogP contribution < -0.4 is 5.32 Å². The van der Waals surface area contributed by atoms with Crippen molar-refractivity contribution in [1.29, 1.82) is 0 Å². The maximum absolute atomic E-state index is 12.9. The third kappa shape index (κ3) is 2.49. The number of carbonyl (C=O) groups is 2. The van der Waals surface area contributed by atoms with E-state index in [9.17, 15) is 35.9 Å². The maximum Gasteiger partial charge on any atom is 0.417 e. The van der Waals surface area contributed by atoms with E-state index in [0.29, 0.717) is 0 Å². The lowest BCUT2D eigenvalue weighted by atomic mass is 9.92. The highest BCUT2D eigenvalue weighted by Crippen LogP contribution is 2.41. The zero-order valence-corrected chi connectivity index (χ0v) is 10.1. The van der Waals surface area contributed by atoms with Crippen molar-refractivity contribution in [3.63, 3.8) is 0 Å². The molecule has 0 saturated heterocycles. The fourth-order valence-electron chi connectivity index (χ4n) is 1.87. The number of nitrogens with zero attached hydrogens (tertiary/aromatic N) is 1. The van der Waals surface area contributed by atoms with Crippen LogP contribution in [0.5, 0.6) is 0 Å². The van der Waals surface area contributed by atoms with Gasteiger partial charge >= 0.3 is 12.4 Å². The van der Waals surface area contributed by atoms with Crippen LogP contribution in [0, 0.1) is 0 Å². The molecule has 11 heteroatoms. The molecule has 0 aliphatic carbocycles. The monoisotopic (exact) mass is 326 g/mol. The quantitative estimate of drug-likeness (QED) is 0.437. The van der Waals surface area contributed by atoms with Crippen molar-refractivity contribution in [3.8, 4) is 0 Å². The summed E-state index contributed by atoms with van der Waals surface area (Å²) in [5.74, 6) is -3.03. The first-order valence-electron chi connectivity index (χ1n) is 5.37. The summed E-state index contributed by atoms with van der Waals surface area (Å²) < 4.78 is 76.6. The van der Waals surface area contributed by atoms with Gasteiger partial charge in [-0.25, -0.2) is 0 Å². The van der Waals surface area contributed by atoms with E-state index in [1.807, 2.05) is 0 Å². The summed E-state index contributed by atoms with van der Waals surface area (Å²) in [6, 6.07) is -0.0439. The molecule has 0 saturated carbocycles. The molecule has 0 radical (unpaired) electrons. The molecule has 2 rings (SSSR count). The predicted octanol–water partition coefficient (Wildman–Crippen LogP) is 2.69. The van der Waals surface area contributed by atoms with Crippen LogP contribution in [0.25, 0.3) is 0 Å². The van der Waals surface area contributed by atoms with Gasteiger partial charge in [0.15, 0.2) is 0 Å². The number of nitrogens with one attached hydrogen (secondary N) is 1. The Morgan fingerprint density at radius 3 is 2.05 bits per heavy atom. The number of oxime groups is 1. The second-order valence-corrected chi connectivity index (χ2v) is 4.17. The van der Waals surface area contributed by atoms with Gasteiger partial charge in [0.2, 0.25) is 11.5 Å². The molecule has 1 heterocycles. The van der Waals surface area contributed by atoms with Crippen LogP contribution in [0.3, 0.4) is 0 Å². The lowest BCUT2D eigenvalue weighted by Gasteiger charge is -2.22. The van der Waals surface area contributed by atoms with Crippen molar-refractivity contribution in [1.82, 2.24) is 0 Å². The molecule has 0 aromatic heterocycles. The first-order valence-corrected chi connectivity index (χ1v) is 5.37.